The van der Waals surface area contributed by atoms with Gasteiger partial charge in [0.25, 0.3) is 5.91 Å². The standard InChI is InChI=1S/C22H24F2N2O/c1-21(2)10-14-11-22(3,12-21)13-26(14)20(27)18-9-5-8-17(25-18)19-15(23)6-4-7-16(19)24/h4-9,14H,10-13H2,1-3H3/t14-,22-/m1/s1. The van der Waals surface area contributed by atoms with Crippen LogP contribution in [0.1, 0.15) is 50.5 Å². The maximum Gasteiger partial charge on any atom is 0.272 e. The van der Waals surface area contributed by atoms with Gasteiger partial charge < -0.3 is 4.90 Å². The molecule has 0 unspecified atom stereocenters. The Bertz CT molecular complexity index is 891. The summed E-state index contributed by atoms with van der Waals surface area (Å²) in [6, 6.07) is 8.70. The average molecular weight is 370 g/mol. The number of benzene rings is 1. The SMILES string of the molecule is CC1(C)C[C@@H]2C[C@@](C)(CN2C(=O)c2cccc(-c3c(F)cccc3F)n2)C1. The van der Waals surface area contributed by atoms with E-state index in [-0.39, 0.29) is 39.7 Å². The highest BCUT2D eigenvalue weighted by Crippen LogP contribution is 2.52. The second-order valence-electron chi connectivity index (χ2n) is 9.15. The molecule has 1 amide bonds. The predicted octanol–water partition coefficient (Wildman–Crippen LogP) is 5.07. The molecule has 2 aliphatic rings. The number of hydrogen-bond donors (Lipinski definition) is 0. The van der Waals surface area contributed by atoms with Crippen molar-refractivity contribution in [3.8, 4) is 11.3 Å². The highest BCUT2D eigenvalue weighted by Gasteiger charge is 2.51. The lowest BCUT2D eigenvalue weighted by molar-refractivity contribution is 0.0702. The molecule has 0 radical (unpaired) electrons. The molecule has 1 saturated carbocycles. The highest BCUT2D eigenvalue weighted by molar-refractivity contribution is 5.93. The summed E-state index contributed by atoms with van der Waals surface area (Å²) in [5, 5.41) is 0. The number of rotatable bonds is 2. The fraction of sp³-hybridized carbons (Fsp3) is 0.455. The molecule has 5 heteroatoms. The first kappa shape index (κ1) is 18.1. The molecule has 1 aliphatic carbocycles. The van der Waals surface area contributed by atoms with E-state index >= 15 is 0 Å². The van der Waals surface area contributed by atoms with E-state index in [4.69, 9.17) is 0 Å². The van der Waals surface area contributed by atoms with Gasteiger partial charge in [0.1, 0.15) is 17.3 Å². The molecular formula is C22H24F2N2O. The van der Waals surface area contributed by atoms with E-state index < -0.39 is 11.6 Å². The van der Waals surface area contributed by atoms with Crippen LogP contribution in [0.25, 0.3) is 11.3 Å². The first-order valence-corrected chi connectivity index (χ1v) is 9.40. The van der Waals surface area contributed by atoms with Crippen LogP contribution in [-0.4, -0.2) is 28.4 Å². The Balaban J connectivity index is 1.66. The minimum atomic E-state index is -0.682. The molecule has 1 aliphatic heterocycles. The van der Waals surface area contributed by atoms with Crippen molar-refractivity contribution in [2.45, 2.75) is 46.1 Å². The Morgan fingerprint density at radius 3 is 2.44 bits per heavy atom. The van der Waals surface area contributed by atoms with Crippen molar-refractivity contribution in [1.29, 1.82) is 0 Å². The molecular weight excluding hydrogens is 346 g/mol. The molecule has 2 bridgehead atoms. The van der Waals surface area contributed by atoms with E-state index in [1.54, 1.807) is 12.1 Å². The van der Waals surface area contributed by atoms with Crippen LogP contribution in [0.2, 0.25) is 0 Å². The van der Waals surface area contributed by atoms with Crippen LogP contribution in [0.15, 0.2) is 36.4 Å². The molecule has 0 spiro atoms. The fourth-order valence-electron chi connectivity index (χ4n) is 5.28. The Morgan fingerprint density at radius 1 is 1.07 bits per heavy atom. The number of nitrogens with zero attached hydrogens (tertiary/aromatic N) is 2. The molecule has 2 atom stereocenters. The van der Waals surface area contributed by atoms with E-state index in [0.29, 0.717) is 6.54 Å². The first-order valence-electron chi connectivity index (χ1n) is 9.40. The normalized spacial score (nSPS) is 26.3. The van der Waals surface area contributed by atoms with Gasteiger partial charge in [-0.1, -0.05) is 32.9 Å². The lowest BCUT2D eigenvalue weighted by atomic mass is 9.65. The molecule has 27 heavy (non-hydrogen) atoms. The third-order valence-corrected chi connectivity index (χ3v) is 5.86. The third-order valence-electron chi connectivity index (χ3n) is 5.86. The van der Waals surface area contributed by atoms with Crippen molar-refractivity contribution < 1.29 is 13.6 Å². The Kier molecular flexibility index (Phi) is 4.09. The number of fused-ring (bicyclic) bond motifs is 2. The summed E-state index contributed by atoms with van der Waals surface area (Å²) in [7, 11) is 0. The highest BCUT2D eigenvalue weighted by atomic mass is 19.1. The Labute approximate surface area is 158 Å². The van der Waals surface area contributed by atoms with Gasteiger partial charge in [0.05, 0.1) is 11.3 Å². The molecule has 142 valence electrons. The smallest absolute Gasteiger partial charge is 0.272 e. The molecule has 2 heterocycles. The van der Waals surface area contributed by atoms with Crippen LogP contribution in [0.4, 0.5) is 8.78 Å². The first-order chi connectivity index (χ1) is 12.7. The molecule has 3 nitrogen and oxygen atoms in total. The zero-order valence-electron chi connectivity index (χ0n) is 15.9. The lowest BCUT2D eigenvalue weighted by Gasteiger charge is -2.39. The van der Waals surface area contributed by atoms with Gasteiger partial charge in [-0.05, 0) is 54.4 Å². The van der Waals surface area contributed by atoms with Gasteiger partial charge in [0, 0.05) is 12.6 Å². The van der Waals surface area contributed by atoms with Crippen LogP contribution < -0.4 is 0 Å². The monoisotopic (exact) mass is 370 g/mol. The van der Waals surface area contributed by atoms with Crippen LogP contribution in [0.3, 0.4) is 0 Å². The topological polar surface area (TPSA) is 33.2 Å². The second-order valence-corrected chi connectivity index (χ2v) is 9.15. The van der Waals surface area contributed by atoms with Crippen LogP contribution in [0, 0.1) is 22.5 Å². The molecule has 1 aromatic heterocycles. The van der Waals surface area contributed by atoms with Gasteiger partial charge in [-0.2, -0.15) is 0 Å². The second kappa shape index (κ2) is 6.11. The maximum atomic E-state index is 14.1. The average Bonchev–Trinajstić information content (AvgIpc) is 2.83. The molecule has 2 aromatic rings. The maximum absolute atomic E-state index is 14.1. The van der Waals surface area contributed by atoms with Crippen molar-refractivity contribution in [2.75, 3.05) is 6.54 Å². The van der Waals surface area contributed by atoms with Gasteiger partial charge >= 0.3 is 0 Å². The number of hydrogen-bond acceptors (Lipinski definition) is 2. The number of pyridine rings is 1. The summed E-state index contributed by atoms with van der Waals surface area (Å²) in [5.74, 6) is -1.52. The van der Waals surface area contributed by atoms with Gasteiger partial charge in [-0.3, -0.25) is 4.79 Å². The number of aromatic nitrogens is 1. The molecule has 1 saturated heterocycles. The van der Waals surface area contributed by atoms with Crippen molar-refractivity contribution in [2.24, 2.45) is 10.8 Å². The van der Waals surface area contributed by atoms with Crippen LogP contribution in [-0.2, 0) is 0 Å². The quantitative estimate of drug-likeness (QED) is 0.740. The van der Waals surface area contributed by atoms with Crippen molar-refractivity contribution in [3.63, 3.8) is 0 Å². The van der Waals surface area contributed by atoms with Gasteiger partial charge in [-0.15, -0.1) is 0 Å². The largest absolute Gasteiger partial charge is 0.334 e. The minimum Gasteiger partial charge on any atom is -0.334 e. The summed E-state index contributed by atoms with van der Waals surface area (Å²) >= 11 is 0. The van der Waals surface area contributed by atoms with E-state index in [1.807, 2.05) is 4.90 Å². The number of carbonyl (C=O) groups excluding carboxylic acids is 1. The zero-order valence-corrected chi connectivity index (χ0v) is 15.9. The summed E-state index contributed by atoms with van der Waals surface area (Å²) in [4.78, 5) is 19.4. The number of amides is 1. The Morgan fingerprint density at radius 2 is 1.74 bits per heavy atom. The van der Waals surface area contributed by atoms with Crippen LogP contribution in [0.5, 0.6) is 0 Å². The van der Waals surface area contributed by atoms with Gasteiger partial charge in [0.15, 0.2) is 0 Å². The fourth-order valence-corrected chi connectivity index (χ4v) is 5.28. The lowest BCUT2D eigenvalue weighted by Crippen LogP contribution is -2.38. The van der Waals surface area contributed by atoms with E-state index in [2.05, 4.69) is 25.8 Å². The van der Waals surface area contributed by atoms with Gasteiger partial charge in [0.2, 0.25) is 0 Å². The minimum absolute atomic E-state index is 0.122. The van der Waals surface area contributed by atoms with Gasteiger partial charge in [-0.25, -0.2) is 13.8 Å². The predicted molar refractivity (Wildman–Crippen MR) is 100 cm³/mol. The molecule has 2 fully saturated rings. The van der Waals surface area contributed by atoms with Crippen molar-refractivity contribution in [1.82, 2.24) is 9.88 Å². The zero-order chi connectivity index (χ0) is 19.4. The van der Waals surface area contributed by atoms with E-state index in [1.165, 1.54) is 24.3 Å². The molecule has 1 aromatic carbocycles. The summed E-state index contributed by atoms with van der Waals surface area (Å²) in [6.07, 6.45) is 3.06. The number of likely N-dealkylation sites (tertiary alicyclic amines) is 1. The number of halogens is 2. The van der Waals surface area contributed by atoms with E-state index in [0.717, 1.165) is 19.3 Å². The van der Waals surface area contributed by atoms with E-state index in [9.17, 15) is 13.6 Å². The summed E-state index contributed by atoms with van der Waals surface area (Å²) in [6.45, 7) is 7.46. The summed E-state index contributed by atoms with van der Waals surface area (Å²) < 4.78 is 28.2. The molecule has 0 N–H and O–H groups in total. The third kappa shape index (κ3) is 3.24. The Hall–Kier alpha value is -2.30. The van der Waals surface area contributed by atoms with Crippen LogP contribution >= 0.6 is 0 Å². The molecule has 4 rings (SSSR count). The van der Waals surface area contributed by atoms with Crippen molar-refractivity contribution in [3.05, 3.63) is 53.7 Å². The number of carbonyl (C=O) groups is 1. The van der Waals surface area contributed by atoms with Crippen molar-refractivity contribution >= 4 is 5.91 Å². The summed E-state index contributed by atoms with van der Waals surface area (Å²) in [5.41, 5.74) is 0.518.